The summed E-state index contributed by atoms with van der Waals surface area (Å²) in [7, 11) is 0. The van der Waals surface area contributed by atoms with Crippen LogP contribution in [0.5, 0.6) is 0 Å². The van der Waals surface area contributed by atoms with Crippen LogP contribution in [0.2, 0.25) is 0 Å². The molecule has 0 bridgehead atoms. The van der Waals surface area contributed by atoms with E-state index in [2.05, 4.69) is 0 Å². The minimum atomic E-state index is -0.282. The maximum absolute atomic E-state index is 12.9. The SMILES string of the molecule is O=C1C=CC[C@H](CCc2cccc(F)c2)O1. The van der Waals surface area contributed by atoms with Gasteiger partial charge in [-0.05, 0) is 30.5 Å². The Morgan fingerprint density at radius 2 is 2.31 bits per heavy atom. The molecule has 1 aliphatic heterocycles. The molecule has 1 aromatic rings. The summed E-state index contributed by atoms with van der Waals surface area (Å²) in [4.78, 5) is 11.0. The second-order valence-electron chi connectivity index (χ2n) is 3.87. The molecule has 2 nitrogen and oxygen atoms in total. The summed E-state index contributed by atoms with van der Waals surface area (Å²) in [6.07, 6.45) is 5.41. The van der Waals surface area contributed by atoms with Gasteiger partial charge in [0.15, 0.2) is 0 Å². The largest absolute Gasteiger partial charge is 0.459 e. The van der Waals surface area contributed by atoms with Gasteiger partial charge >= 0.3 is 5.97 Å². The molecule has 0 saturated carbocycles. The summed E-state index contributed by atoms with van der Waals surface area (Å²) in [5, 5.41) is 0. The highest BCUT2D eigenvalue weighted by Gasteiger charge is 2.15. The molecule has 0 aliphatic carbocycles. The Balaban J connectivity index is 1.88. The van der Waals surface area contributed by atoms with Crippen LogP contribution in [0.15, 0.2) is 36.4 Å². The second-order valence-corrected chi connectivity index (χ2v) is 3.87. The molecule has 16 heavy (non-hydrogen) atoms. The monoisotopic (exact) mass is 220 g/mol. The Morgan fingerprint density at radius 1 is 1.44 bits per heavy atom. The molecule has 1 aliphatic rings. The van der Waals surface area contributed by atoms with E-state index in [1.165, 1.54) is 18.2 Å². The van der Waals surface area contributed by atoms with Gasteiger partial charge in [-0.1, -0.05) is 18.2 Å². The zero-order valence-electron chi connectivity index (χ0n) is 8.86. The number of hydrogen-bond acceptors (Lipinski definition) is 2. The van der Waals surface area contributed by atoms with E-state index in [1.807, 2.05) is 12.1 Å². The number of benzene rings is 1. The van der Waals surface area contributed by atoms with Gasteiger partial charge in [0.25, 0.3) is 0 Å². The van der Waals surface area contributed by atoms with E-state index in [0.717, 1.165) is 24.8 Å². The zero-order chi connectivity index (χ0) is 11.4. The number of hydrogen-bond donors (Lipinski definition) is 0. The lowest BCUT2D eigenvalue weighted by Gasteiger charge is -2.18. The van der Waals surface area contributed by atoms with Crippen molar-refractivity contribution in [2.45, 2.75) is 25.4 Å². The Morgan fingerprint density at radius 3 is 3.06 bits per heavy atom. The van der Waals surface area contributed by atoms with Crippen LogP contribution in [0.4, 0.5) is 4.39 Å². The average Bonchev–Trinajstić information content (AvgIpc) is 2.27. The van der Waals surface area contributed by atoms with Gasteiger partial charge in [0.1, 0.15) is 11.9 Å². The molecule has 0 radical (unpaired) electrons. The fraction of sp³-hybridized carbons (Fsp3) is 0.308. The highest BCUT2D eigenvalue weighted by Crippen LogP contribution is 2.15. The molecule has 0 saturated heterocycles. The highest BCUT2D eigenvalue weighted by molar-refractivity contribution is 5.82. The van der Waals surface area contributed by atoms with Gasteiger partial charge in [-0.15, -0.1) is 0 Å². The normalized spacial score (nSPS) is 19.6. The quantitative estimate of drug-likeness (QED) is 0.732. The topological polar surface area (TPSA) is 26.3 Å². The number of aryl methyl sites for hydroxylation is 1. The van der Waals surface area contributed by atoms with Gasteiger partial charge in [-0.3, -0.25) is 0 Å². The summed E-state index contributed by atoms with van der Waals surface area (Å²) < 4.78 is 18.0. The van der Waals surface area contributed by atoms with Crippen LogP contribution in [0.25, 0.3) is 0 Å². The third-order valence-corrected chi connectivity index (χ3v) is 2.58. The fourth-order valence-electron chi connectivity index (χ4n) is 1.76. The molecule has 0 N–H and O–H groups in total. The summed E-state index contributed by atoms with van der Waals surface area (Å²) in [6.45, 7) is 0. The molecule has 1 aromatic carbocycles. The standard InChI is InChI=1S/C13H13FO2/c14-11-4-1-3-10(9-11)7-8-12-5-2-6-13(15)16-12/h1-4,6,9,12H,5,7-8H2/t12-/m1/s1. The molecule has 0 amide bonds. The smallest absolute Gasteiger partial charge is 0.330 e. The van der Waals surface area contributed by atoms with Crippen LogP contribution >= 0.6 is 0 Å². The molecular formula is C13H13FO2. The Bertz CT molecular complexity index is 412. The van der Waals surface area contributed by atoms with Crippen molar-refractivity contribution in [3.05, 3.63) is 47.8 Å². The third kappa shape index (κ3) is 2.92. The van der Waals surface area contributed by atoms with Gasteiger partial charge in [0.2, 0.25) is 0 Å². The van der Waals surface area contributed by atoms with Gasteiger partial charge in [0, 0.05) is 12.5 Å². The van der Waals surface area contributed by atoms with E-state index in [0.29, 0.717) is 0 Å². The Labute approximate surface area is 93.7 Å². The van der Waals surface area contributed by atoms with Crippen LogP contribution in [0.1, 0.15) is 18.4 Å². The van der Waals surface area contributed by atoms with Crippen LogP contribution in [0, 0.1) is 5.82 Å². The van der Waals surface area contributed by atoms with E-state index in [1.54, 1.807) is 6.07 Å². The van der Waals surface area contributed by atoms with Crippen LogP contribution < -0.4 is 0 Å². The van der Waals surface area contributed by atoms with E-state index < -0.39 is 0 Å². The summed E-state index contributed by atoms with van der Waals surface area (Å²) >= 11 is 0. The van der Waals surface area contributed by atoms with Crippen molar-refractivity contribution in [2.24, 2.45) is 0 Å². The lowest BCUT2D eigenvalue weighted by molar-refractivity contribution is -0.144. The number of ether oxygens (including phenoxy) is 1. The van der Waals surface area contributed by atoms with Crippen molar-refractivity contribution in [1.82, 2.24) is 0 Å². The van der Waals surface area contributed by atoms with Gasteiger partial charge in [-0.25, -0.2) is 9.18 Å². The van der Waals surface area contributed by atoms with Gasteiger partial charge < -0.3 is 4.74 Å². The van der Waals surface area contributed by atoms with Crippen molar-refractivity contribution in [3.8, 4) is 0 Å². The van der Waals surface area contributed by atoms with Crippen molar-refractivity contribution in [2.75, 3.05) is 0 Å². The summed E-state index contributed by atoms with van der Waals surface area (Å²) in [5.41, 5.74) is 0.936. The molecule has 3 heteroatoms. The Kier molecular flexibility index (Phi) is 3.34. The summed E-state index contributed by atoms with van der Waals surface area (Å²) in [6, 6.07) is 6.51. The molecule has 1 atom stereocenters. The lowest BCUT2D eigenvalue weighted by Crippen LogP contribution is -2.20. The molecular weight excluding hydrogens is 207 g/mol. The number of esters is 1. The predicted octanol–water partition coefficient (Wildman–Crippen LogP) is 2.63. The molecule has 0 unspecified atom stereocenters. The van der Waals surface area contributed by atoms with Gasteiger partial charge in [0.05, 0.1) is 0 Å². The van der Waals surface area contributed by atoms with Crippen molar-refractivity contribution < 1.29 is 13.9 Å². The van der Waals surface area contributed by atoms with Crippen LogP contribution in [-0.4, -0.2) is 12.1 Å². The van der Waals surface area contributed by atoms with E-state index in [9.17, 15) is 9.18 Å². The fourth-order valence-corrected chi connectivity index (χ4v) is 1.76. The van der Waals surface area contributed by atoms with Crippen LogP contribution in [-0.2, 0) is 16.0 Å². The third-order valence-electron chi connectivity index (χ3n) is 2.58. The first-order valence-corrected chi connectivity index (χ1v) is 5.35. The minimum Gasteiger partial charge on any atom is -0.459 e. The first-order chi connectivity index (χ1) is 7.74. The first kappa shape index (κ1) is 10.9. The van der Waals surface area contributed by atoms with Crippen molar-refractivity contribution >= 4 is 5.97 Å². The highest BCUT2D eigenvalue weighted by atomic mass is 19.1. The van der Waals surface area contributed by atoms with E-state index >= 15 is 0 Å². The zero-order valence-corrected chi connectivity index (χ0v) is 8.86. The predicted molar refractivity (Wildman–Crippen MR) is 58.4 cm³/mol. The van der Waals surface area contributed by atoms with E-state index in [-0.39, 0.29) is 17.9 Å². The first-order valence-electron chi connectivity index (χ1n) is 5.35. The Hall–Kier alpha value is -1.64. The number of carbonyl (C=O) groups is 1. The number of cyclic esters (lactones) is 1. The van der Waals surface area contributed by atoms with Crippen molar-refractivity contribution in [1.29, 1.82) is 0 Å². The van der Waals surface area contributed by atoms with Gasteiger partial charge in [-0.2, -0.15) is 0 Å². The second kappa shape index (κ2) is 4.92. The molecule has 84 valence electrons. The molecule has 1 heterocycles. The maximum Gasteiger partial charge on any atom is 0.330 e. The molecule has 0 fully saturated rings. The van der Waals surface area contributed by atoms with Crippen molar-refractivity contribution in [3.63, 3.8) is 0 Å². The minimum absolute atomic E-state index is 0.0687. The maximum atomic E-state index is 12.9. The number of carbonyl (C=O) groups excluding carboxylic acids is 1. The van der Waals surface area contributed by atoms with Crippen LogP contribution in [0.3, 0.4) is 0 Å². The number of rotatable bonds is 3. The summed E-state index contributed by atoms with van der Waals surface area (Å²) in [5.74, 6) is -0.506. The average molecular weight is 220 g/mol. The lowest BCUT2D eigenvalue weighted by atomic mass is 10.0. The molecule has 2 rings (SSSR count). The molecule has 0 aromatic heterocycles. The molecule has 0 spiro atoms. The number of halogens is 1. The van der Waals surface area contributed by atoms with E-state index in [4.69, 9.17) is 4.74 Å².